The second-order valence-electron chi connectivity index (χ2n) is 7.01. The lowest BCUT2D eigenvalue weighted by molar-refractivity contribution is -0.142. The highest BCUT2D eigenvalue weighted by molar-refractivity contribution is 6.29. The van der Waals surface area contributed by atoms with E-state index in [0.717, 1.165) is 29.7 Å². The van der Waals surface area contributed by atoms with E-state index in [2.05, 4.69) is 16.3 Å². The quantitative estimate of drug-likeness (QED) is 0.705. The molecule has 7 heteroatoms. The fourth-order valence-electron chi connectivity index (χ4n) is 3.24. The Morgan fingerprint density at radius 2 is 1.96 bits per heavy atom. The Morgan fingerprint density at radius 3 is 2.70 bits per heavy atom. The number of aryl methyl sites for hydroxylation is 1. The molecule has 0 amide bonds. The molecule has 2 aromatic rings. The van der Waals surface area contributed by atoms with Gasteiger partial charge in [0.15, 0.2) is 10.9 Å². The van der Waals surface area contributed by atoms with Crippen LogP contribution >= 0.6 is 11.6 Å². The molecule has 6 nitrogen and oxygen atoms in total. The largest absolute Gasteiger partial charge is 0.434 e. The first-order chi connectivity index (χ1) is 13.1. The van der Waals surface area contributed by atoms with Gasteiger partial charge in [-0.1, -0.05) is 29.8 Å². The lowest BCUT2D eigenvalue weighted by atomic mass is 10.0. The van der Waals surface area contributed by atoms with E-state index in [-0.39, 0.29) is 28.7 Å². The molecular weight excluding hydrogens is 368 g/mol. The summed E-state index contributed by atoms with van der Waals surface area (Å²) in [6.45, 7) is 3.11. The molecule has 0 unspecified atom stereocenters. The van der Waals surface area contributed by atoms with E-state index in [4.69, 9.17) is 25.8 Å². The van der Waals surface area contributed by atoms with Crippen molar-refractivity contribution in [2.24, 2.45) is 5.92 Å². The van der Waals surface area contributed by atoms with Gasteiger partial charge in [0.05, 0.1) is 5.92 Å². The van der Waals surface area contributed by atoms with Gasteiger partial charge in [0, 0.05) is 19.3 Å². The summed E-state index contributed by atoms with van der Waals surface area (Å²) in [4.78, 5) is 12.5. The van der Waals surface area contributed by atoms with Crippen LogP contribution in [0.5, 0.6) is 17.4 Å². The number of nitrogens with zero attached hydrogens (tertiary/aromatic N) is 2. The number of para-hydroxylation sites is 1. The van der Waals surface area contributed by atoms with Crippen molar-refractivity contribution in [2.75, 3.05) is 13.2 Å². The average Bonchev–Trinajstić information content (AvgIpc) is 3.51. The number of esters is 1. The summed E-state index contributed by atoms with van der Waals surface area (Å²) in [6, 6.07) is 7.54. The smallest absolute Gasteiger partial charge is 0.314 e. The minimum atomic E-state index is -0.320. The number of hydrogen-bond acceptors (Lipinski definition) is 6. The van der Waals surface area contributed by atoms with Crippen LogP contribution in [0.2, 0.25) is 5.15 Å². The standard InChI is InChI=1S/C20H21ClN2O4/c1-12-3-2-4-15(13-5-6-13)18(12)27-19-16(11-17(21)22-23-19)26-20(24)14-7-9-25-10-8-14/h2-4,11,13-14H,5-10H2,1H3. The zero-order valence-electron chi connectivity index (χ0n) is 15.1. The van der Waals surface area contributed by atoms with Gasteiger partial charge in [-0.25, -0.2) is 0 Å². The molecule has 1 saturated carbocycles. The molecule has 4 rings (SSSR count). The fourth-order valence-corrected chi connectivity index (χ4v) is 3.37. The number of carbonyl (C=O) groups excluding carboxylic acids is 1. The Morgan fingerprint density at radius 1 is 1.19 bits per heavy atom. The van der Waals surface area contributed by atoms with E-state index < -0.39 is 0 Å². The van der Waals surface area contributed by atoms with E-state index in [1.165, 1.54) is 6.07 Å². The second-order valence-corrected chi connectivity index (χ2v) is 7.40. The Labute approximate surface area is 162 Å². The zero-order chi connectivity index (χ0) is 18.8. The van der Waals surface area contributed by atoms with E-state index in [1.807, 2.05) is 19.1 Å². The molecular formula is C20H21ClN2O4. The highest BCUT2D eigenvalue weighted by Gasteiger charge is 2.29. The van der Waals surface area contributed by atoms with Gasteiger partial charge in [0.25, 0.3) is 5.88 Å². The van der Waals surface area contributed by atoms with Gasteiger partial charge in [0.2, 0.25) is 0 Å². The summed E-state index contributed by atoms with van der Waals surface area (Å²) >= 11 is 5.97. The topological polar surface area (TPSA) is 70.5 Å². The van der Waals surface area contributed by atoms with Crippen LogP contribution in [-0.4, -0.2) is 29.4 Å². The van der Waals surface area contributed by atoms with Crippen LogP contribution in [0.4, 0.5) is 0 Å². The number of benzene rings is 1. The van der Waals surface area contributed by atoms with Crippen LogP contribution in [-0.2, 0) is 9.53 Å². The Kier molecular flexibility index (Phi) is 5.27. The first-order valence-electron chi connectivity index (χ1n) is 9.22. The summed E-state index contributed by atoms with van der Waals surface area (Å²) in [5.41, 5.74) is 2.14. The molecule has 2 heterocycles. The number of ether oxygens (including phenoxy) is 3. The predicted octanol–water partition coefficient (Wildman–Crippen LogP) is 4.44. The van der Waals surface area contributed by atoms with E-state index in [1.54, 1.807) is 0 Å². The van der Waals surface area contributed by atoms with Crippen LogP contribution in [0.1, 0.15) is 42.7 Å². The number of hydrogen-bond donors (Lipinski definition) is 0. The molecule has 142 valence electrons. The lowest BCUT2D eigenvalue weighted by Crippen LogP contribution is -2.27. The van der Waals surface area contributed by atoms with Crippen molar-refractivity contribution in [3.8, 4) is 17.4 Å². The molecule has 0 radical (unpaired) electrons. The van der Waals surface area contributed by atoms with Crippen LogP contribution in [0.15, 0.2) is 24.3 Å². The molecule has 1 saturated heterocycles. The third-order valence-corrected chi connectivity index (χ3v) is 5.11. The van der Waals surface area contributed by atoms with Crippen LogP contribution in [0.3, 0.4) is 0 Å². The van der Waals surface area contributed by atoms with Crippen molar-refractivity contribution in [2.45, 2.75) is 38.5 Å². The van der Waals surface area contributed by atoms with Crippen molar-refractivity contribution in [1.82, 2.24) is 10.2 Å². The molecule has 0 spiro atoms. The van der Waals surface area contributed by atoms with Gasteiger partial charge >= 0.3 is 5.97 Å². The molecule has 1 aromatic carbocycles. The van der Waals surface area contributed by atoms with Crippen molar-refractivity contribution in [1.29, 1.82) is 0 Å². The van der Waals surface area contributed by atoms with Crippen molar-refractivity contribution < 1.29 is 19.0 Å². The summed E-state index contributed by atoms with van der Waals surface area (Å²) in [6.07, 6.45) is 3.59. The Hall–Kier alpha value is -2.18. The Bertz CT molecular complexity index is 848. The number of rotatable bonds is 5. The third kappa shape index (κ3) is 4.22. The molecule has 1 aromatic heterocycles. The van der Waals surface area contributed by atoms with Gasteiger partial charge in [-0.2, -0.15) is 0 Å². The first-order valence-corrected chi connectivity index (χ1v) is 9.59. The molecule has 2 aliphatic rings. The maximum absolute atomic E-state index is 12.5. The van der Waals surface area contributed by atoms with Gasteiger partial charge < -0.3 is 14.2 Å². The van der Waals surface area contributed by atoms with E-state index in [0.29, 0.717) is 32.0 Å². The third-order valence-electron chi connectivity index (χ3n) is 4.92. The molecule has 0 atom stereocenters. The van der Waals surface area contributed by atoms with E-state index >= 15 is 0 Å². The van der Waals surface area contributed by atoms with Crippen molar-refractivity contribution in [3.63, 3.8) is 0 Å². The number of carbonyl (C=O) groups is 1. The number of aromatic nitrogens is 2. The van der Waals surface area contributed by atoms with Gasteiger partial charge in [-0.05, 0) is 49.7 Å². The van der Waals surface area contributed by atoms with Gasteiger partial charge in [-0.3, -0.25) is 4.79 Å². The first kappa shape index (κ1) is 18.2. The highest BCUT2D eigenvalue weighted by Crippen LogP contribution is 2.46. The molecule has 0 N–H and O–H groups in total. The summed E-state index contributed by atoms with van der Waals surface area (Å²) in [5, 5.41) is 8.03. The fraction of sp³-hybridized carbons (Fsp3) is 0.450. The van der Waals surface area contributed by atoms with E-state index in [9.17, 15) is 4.79 Å². The zero-order valence-corrected chi connectivity index (χ0v) is 15.9. The summed E-state index contributed by atoms with van der Waals surface area (Å²) < 4.78 is 17.0. The molecule has 2 fully saturated rings. The average molecular weight is 389 g/mol. The van der Waals surface area contributed by atoms with Crippen molar-refractivity contribution >= 4 is 17.6 Å². The number of halogens is 1. The molecule has 1 aliphatic heterocycles. The monoisotopic (exact) mass is 388 g/mol. The predicted molar refractivity (Wildman–Crippen MR) is 99.4 cm³/mol. The summed E-state index contributed by atoms with van der Waals surface area (Å²) in [7, 11) is 0. The lowest BCUT2D eigenvalue weighted by Gasteiger charge is -2.21. The van der Waals surface area contributed by atoms with Gasteiger partial charge in [-0.15, -0.1) is 10.2 Å². The normalized spacial score (nSPS) is 17.6. The molecule has 1 aliphatic carbocycles. The Balaban J connectivity index is 1.59. The summed E-state index contributed by atoms with van der Waals surface area (Å²) in [5.74, 6) is 1.08. The highest BCUT2D eigenvalue weighted by atomic mass is 35.5. The van der Waals surface area contributed by atoms with Gasteiger partial charge in [0.1, 0.15) is 5.75 Å². The molecule has 0 bridgehead atoms. The maximum atomic E-state index is 12.5. The van der Waals surface area contributed by atoms with Crippen LogP contribution in [0, 0.1) is 12.8 Å². The SMILES string of the molecule is Cc1cccc(C2CC2)c1Oc1nnc(Cl)cc1OC(=O)C1CCOCC1. The molecule has 27 heavy (non-hydrogen) atoms. The van der Waals surface area contributed by atoms with Crippen molar-refractivity contribution in [3.05, 3.63) is 40.5 Å². The minimum absolute atomic E-state index is 0.143. The maximum Gasteiger partial charge on any atom is 0.314 e. The second kappa shape index (κ2) is 7.82. The van der Waals surface area contributed by atoms with Crippen LogP contribution < -0.4 is 9.47 Å². The van der Waals surface area contributed by atoms with Crippen LogP contribution in [0.25, 0.3) is 0 Å². The minimum Gasteiger partial charge on any atom is -0.434 e.